The Kier molecular flexibility index (Phi) is 3.46. The molecule has 19 heavy (non-hydrogen) atoms. The Balaban J connectivity index is 2.35. The number of nitrogens with zero attached hydrogens (tertiary/aromatic N) is 2. The molecule has 0 unspecified atom stereocenters. The fourth-order valence-corrected chi connectivity index (χ4v) is 2.04. The van der Waals surface area contributed by atoms with E-state index in [4.69, 9.17) is 11.5 Å². The molecule has 0 bridgehead atoms. The highest BCUT2D eigenvalue weighted by Gasteiger charge is 2.14. The van der Waals surface area contributed by atoms with Crippen molar-refractivity contribution in [2.24, 2.45) is 5.73 Å². The number of hydrogen-bond donors (Lipinski definition) is 2. The SMILES string of the molecule is Cc1cccc(Cc2nc(C)c(C(N)=O)c(N)n2)c1. The summed E-state index contributed by atoms with van der Waals surface area (Å²) < 4.78 is 0. The zero-order valence-corrected chi connectivity index (χ0v) is 11.0. The molecule has 0 aliphatic carbocycles. The number of primary amides is 1. The van der Waals surface area contributed by atoms with Gasteiger partial charge in [-0.1, -0.05) is 29.8 Å². The highest BCUT2D eigenvalue weighted by atomic mass is 16.1. The number of carbonyl (C=O) groups excluding carboxylic acids is 1. The predicted octanol–water partition coefficient (Wildman–Crippen LogP) is 1.37. The lowest BCUT2D eigenvalue weighted by molar-refractivity contribution is 0.1000. The Morgan fingerprint density at radius 1 is 1.26 bits per heavy atom. The number of hydrogen-bond acceptors (Lipinski definition) is 4. The summed E-state index contributed by atoms with van der Waals surface area (Å²) in [5.74, 6) is 0.130. The fraction of sp³-hybridized carbons (Fsp3) is 0.214. The molecule has 4 N–H and O–H groups in total. The van der Waals surface area contributed by atoms with Gasteiger partial charge in [0.1, 0.15) is 17.2 Å². The third kappa shape index (κ3) is 2.88. The van der Waals surface area contributed by atoms with Crippen molar-refractivity contribution >= 4 is 11.7 Å². The molecule has 0 atom stereocenters. The minimum Gasteiger partial charge on any atom is -0.383 e. The minimum absolute atomic E-state index is 0.141. The summed E-state index contributed by atoms with van der Waals surface area (Å²) in [6, 6.07) is 8.08. The second-order valence-corrected chi connectivity index (χ2v) is 4.52. The zero-order chi connectivity index (χ0) is 14.0. The number of amides is 1. The lowest BCUT2D eigenvalue weighted by Gasteiger charge is -2.08. The molecule has 1 aromatic heterocycles. The Hall–Kier alpha value is -2.43. The van der Waals surface area contributed by atoms with Crippen LogP contribution in [0.5, 0.6) is 0 Å². The summed E-state index contributed by atoms with van der Waals surface area (Å²) in [4.78, 5) is 19.7. The van der Waals surface area contributed by atoms with Crippen LogP contribution in [-0.4, -0.2) is 15.9 Å². The van der Waals surface area contributed by atoms with E-state index >= 15 is 0 Å². The third-order valence-corrected chi connectivity index (χ3v) is 2.86. The van der Waals surface area contributed by atoms with Crippen LogP contribution in [0.4, 0.5) is 5.82 Å². The molecule has 5 heteroatoms. The van der Waals surface area contributed by atoms with Gasteiger partial charge in [0.2, 0.25) is 0 Å². The molecule has 0 saturated heterocycles. The van der Waals surface area contributed by atoms with Gasteiger partial charge in [-0.25, -0.2) is 9.97 Å². The Bertz CT molecular complexity index is 614. The van der Waals surface area contributed by atoms with Crippen molar-refractivity contribution in [2.45, 2.75) is 20.3 Å². The van der Waals surface area contributed by atoms with E-state index in [1.54, 1.807) is 6.92 Å². The van der Waals surface area contributed by atoms with Gasteiger partial charge in [-0.15, -0.1) is 0 Å². The molecular weight excluding hydrogens is 240 g/mol. The number of nitrogen functional groups attached to an aromatic ring is 1. The van der Waals surface area contributed by atoms with Crippen LogP contribution in [0.2, 0.25) is 0 Å². The third-order valence-electron chi connectivity index (χ3n) is 2.86. The van der Waals surface area contributed by atoms with Crippen LogP contribution in [0.15, 0.2) is 24.3 Å². The predicted molar refractivity (Wildman–Crippen MR) is 73.7 cm³/mol. The van der Waals surface area contributed by atoms with Gasteiger partial charge in [0.15, 0.2) is 0 Å². The van der Waals surface area contributed by atoms with Crippen LogP contribution in [0.3, 0.4) is 0 Å². The molecule has 0 spiro atoms. The topological polar surface area (TPSA) is 94.9 Å². The van der Waals surface area contributed by atoms with Crippen LogP contribution in [0, 0.1) is 13.8 Å². The van der Waals surface area contributed by atoms with Crippen LogP contribution in [-0.2, 0) is 6.42 Å². The van der Waals surface area contributed by atoms with Crippen molar-refractivity contribution in [1.29, 1.82) is 0 Å². The standard InChI is InChI=1S/C14H16N4O/c1-8-4-3-5-10(6-8)7-11-17-9(2)12(14(16)19)13(15)18-11/h3-6H,7H2,1-2H3,(H2,16,19)(H2,15,17,18). The van der Waals surface area contributed by atoms with E-state index in [2.05, 4.69) is 16.0 Å². The Morgan fingerprint density at radius 3 is 2.58 bits per heavy atom. The molecule has 0 saturated carbocycles. The first-order valence-electron chi connectivity index (χ1n) is 5.95. The van der Waals surface area contributed by atoms with Gasteiger partial charge in [0, 0.05) is 6.42 Å². The molecule has 2 aromatic rings. The van der Waals surface area contributed by atoms with Crippen LogP contribution in [0.25, 0.3) is 0 Å². The molecule has 0 fully saturated rings. The van der Waals surface area contributed by atoms with Gasteiger partial charge in [-0.2, -0.15) is 0 Å². The van der Waals surface area contributed by atoms with Gasteiger partial charge in [-0.3, -0.25) is 4.79 Å². The second-order valence-electron chi connectivity index (χ2n) is 4.52. The van der Waals surface area contributed by atoms with E-state index in [0.717, 1.165) is 5.56 Å². The molecule has 0 aliphatic heterocycles. The average Bonchev–Trinajstić information content (AvgIpc) is 2.27. The zero-order valence-electron chi connectivity index (χ0n) is 11.0. The number of aryl methyl sites for hydroxylation is 2. The smallest absolute Gasteiger partial charge is 0.254 e. The van der Waals surface area contributed by atoms with E-state index in [-0.39, 0.29) is 11.4 Å². The first kappa shape index (κ1) is 13.0. The van der Waals surface area contributed by atoms with E-state index < -0.39 is 5.91 Å². The van der Waals surface area contributed by atoms with Crippen molar-refractivity contribution in [3.63, 3.8) is 0 Å². The fourth-order valence-electron chi connectivity index (χ4n) is 2.04. The lowest BCUT2D eigenvalue weighted by atomic mass is 10.1. The molecule has 0 radical (unpaired) electrons. The van der Waals surface area contributed by atoms with Crippen molar-refractivity contribution < 1.29 is 4.79 Å². The minimum atomic E-state index is -0.600. The number of benzene rings is 1. The van der Waals surface area contributed by atoms with Crippen molar-refractivity contribution in [3.05, 3.63) is 52.5 Å². The monoisotopic (exact) mass is 256 g/mol. The maximum Gasteiger partial charge on any atom is 0.254 e. The quantitative estimate of drug-likeness (QED) is 0.866. The first-order chi connectivity index (χ1) is 8.97. The van der Waals surface area contributed by atoms with E-state index in [1.165, 1.54) is 5.56 Å². The van der Waals surface area contributed by atoms with Gasteiger partial charge in [0.05, 0.1) is 5.69 Å². The van der Waals surface area contributed by atoms with Gasteiger partial charge in [-0.05, 0) is 19.4 Å². The normalized spacial score (nSPS) is 10.4. The van der Waals surface area contributed by atoms with E-state index in [0.29, 0.717) is 17.9 Å². The number of rotatable bonds is 3. The summed E-state index contributed by atoms with van der Waals surface area (Å²) in [7, 11) is 0. The van der Waals surface area contributed by atoms with E-state index in [9.17, 15) is 4.79 Å². The summed E-state index contributed by atoms with van der Waals surface area (Å²) in [6.45, 7) is 3.73. The van der Waals surface area contributed by atoms with Gasteiger partial charge in [0.25, 0.3) is 5.91 Å². The summed E-state index contributed by atoms with van der Waals surface area (Å²) in [6.07, 6.45) is 0.575. The van der Waals surface area contributed by atoms with Crippen molar-refractivity contribution in [1.82, 2.24) is 9.97 Å². The van der Waals surface area contributed by atoms with Crippen LogP contribution < -0.4 is 11.5 Å². The molecule has 1 heterocycles. The first-order valence-corrected chi connectivity index (χ1v) is 5.95. The Labute approximate surface area is 111 Å². The lowest BCUT2D eigenvalue weighted by Crippen LogP contribution is -2.18. The molecular formula is C14H16N4O. The molecule has 1 amide bonds. The van der Waals surface area contributed by atoms with Gasteiger partial charge >= 0.3 is 0 Å². The molecule has 0 aliphatic rings. The highest BCUT2D eigenvalue weighted by Crippen LogP contribution is 2.15. The molecule has 2 rings (SSSR count). The highest BCUT2D eigenvalue weighted by molar-refractivity contribution is 5.98. The molecule has 1 aromatic carbocycles. The summed E-state index contributed by atoms with van der Waals surface area (Å²) in [5, 5.41) is 0. The number of carbonyl (C=O) groups is 1. The average molecular weight is 256 g/mol. The molecule has 98 valence electrons. The number of aromatic nitrogens is 2. The Morgan fingerprint density at radius 2 is 2.00 bits per heavy atom. The maximum absolute atomic E-state index is 11.2. The van der Waals surface area contributed by atoms with Crippen LogP contribution in [0.1, 0.15) is 33.0 Å². The second kappa shape index (κ2) is 5.06. The maximum atomic E-state index is 11.2. The largest absolute Gasteiger partial charge is 0.383 e. The summed E-state index contributed by atoms with van der Waals surface area (Å²) >= 11 is 0. The number of anilines is 1. The molecule has 5 nitrogen and oxygen atoms in total. The number of nitrogens with two attached hydrogens (primary N) is 2. The van der Waals surface area contributed by atoms with Crippen molar-refractivity contribution in [3.8, 4) is 0 Å². The van der Waals surface area contributed by atoms with Gasteiger partial charge < -0.3 is 11.5 Å². The van der Waals surface area contributed by atoms with Crippen LogP contribution >= 0.6 is 0 Å². The van der Waals surface area contributed by atoms with Crippen molar-refractivity contribution in [2.75, 3.05) is 5.73 Å². The summed E-state index contributed by atoms with van der Waals surface area (Å²) in [5.41, 5.74) is 14.0. The van der Waals surface area contributed by atoms with E-state index in [1.807, 2.05) is 25.1 Å².